The molecule has 0 fully saturated rings. The molecule has 0 aromatic heterocycles. The van der Waals surface area contributed by atoms with Gasteiger partial charge in [-0.25, -0.2) is 0 Å². The maximum absolute atomic E-state index is 11.1. The van der Waals surface area contributed by atoms with Crippen molar-refractivity contribution in [2.24, 2.45) is 0 Å². The molecule has 0 aliphatic carbocycles. The van der Waals surface area contributed by atoms with Gasteiger partial charge in [-0.1, -0.05) is 12.1 Å². The van der Waals surface area contributed by atoms with Crippen LogP contribution in [0.3, 0.4) is 0 Å². The van der Waals surface area contributed by atoms with Gasteiger partial charge in [0, 0.05) is 29.1 Å². The number of benzene rings is 2. The van der Waals surface area contributed by atoms with E-state index in [1.807, 2.05) is 25.1 Å². The monoisotopic (exact) mass is 271 g/mol. The van der Waals surface area contributed by atoms with Crippen molar-refractivity contribution in [3.8, 4) is 0 Å². The summed E-state index contributed by atoms with van der Waals surface area (Å²) in [6, 6.07) is 10.9. The maximum Gasteiger partial charge on any atom is 0.270 e. The largest absolute Gasteiger partial charge is 0.545 e. The molecule has 6 heteroatoms. The van der Waals surface area contributed by atoms with E-state index >= 15 is 0 Å². The zero-order valence-electron chi connectivity index (χ0n) is 10.6. The number of nitrogens with one attached hydrogen (secondary N) is 1. The Morgan fingerprint density at radius 1 is 1.20 bits per heavy atom. The lowest BCUT2D eigenvalue weighted by atomic mass is 10.1. The Hall–Kier alpha value is -2.89. The van der Waals surface area contributed by atoms with Crippen molar-refractivity contribution in [3.05, 3.63) is 63.7 Å². The number of carbonyl (C=O) groups excluding carboxylic acids is 1. The van der Waals surface area contributed by atoms with E-state index in [0.717, 1.165) is 11.6 Å². The van der Waals surface area contributed by atoms with Crippen LogP contribution in [0.15, 0.2) is 42.5 Å². The Labute approximate surface area is 114 Å². The Bertz CT molecular complexity index is 683. The van der Waals surface area contributed by atoms with Crippen LogP contribution in [0.1, 0.15) is 15.9 Å². The summed E-state index contributed by atoms with van der Waals surface area (Å²) in [7, 11) is 0. The molecule has 2 aromatic carbocycles. The number of carboxylic acid groups (broad SMARTS) is 1. The van der Waals surface area contributed by atoms with Crippen molar-refractivity contribution in [1.82, 2.24) is 0 Å². The number of non-ortho nitro benzene ring substituents is 1. The summed E-state index contributed by atoms with van der Waals surface area (Å²) in [6.45, 7) is 1.90. The summed E-state index contributed by atoms with van der Waals surface area (Å²) < 4.78 is 0. The molecule has 0 atom stereocenters. The van der Waals surface area contributed by atoms with Crippen LogP contribution in [0, 0.1) is 17.0 Å². The highest BCUT2D eigenvalue weighted by Gasteiger charge is 2.11. The number of rotatable bonds is 4. The molecule has 0 heterocycles. The summed E-state index contributed by atoms with van der Waals surface area (Å²) in [5.41, 5.74) is 1.41. The molecule has 0 aliphatic heterocycles. The van der Waals surface area contributed by atoms with Gasteiger partial charge in [0.25, 0.3) is 5.69 Å². The van der Waals surface area contributed by atoms with E-state index in [2.05, 4.69) is 5.32 Å². The van der Waals surface area contributed by atoms with Gasteiger partial charge >= 0.3 is 0 Å². The van der Waals surface area contributed by atoms with Crippen molar-refractivity contribution in [2.75, 3.05) is 5.32 Å². The van der Waals surface area contributed by atoms with Gasteiger partial charge in [-0.2, -0.15) is 0 Å². The first kappa shape index (κ1) is 13.5. The van der Waals surface area contributed by atoms with E-state index < -0.39 is 10.9 Å². The Morgan fingerprint density at radius 2 is 1.95 bits per heavy atom. The first-order valence-corrected chi connectivity index (χ1v) is 5.81. The number of hydrogen-bond acceptors (Lipinski definition) is 5. The summed E-state index contributed by atoms with van der Waals surface area (Å²) >= 11 is 0. The third kappa shape index (κ3) is 2.92. The van der Waals surface area contributed by atoms with Crippen molar-refractivity contribution < 1.29 is 14.8 Å². The lowest BCUT2D eigenvalue weighted by molar-refractivity contribution is -0.385. The summed E-state index contributed by atoms with van der Waals surface area (Å²) in [6.07, 6.45) is 0. The minimum atomic E-state index is -1.47. The van der Waals surface area contributed by atoms with Crippen LogP contribution in [0.4, 0.5) is 17.1 Å². The highest BCUT2D eigenvalue weighted by molar-refractivity contribution is 5.94. The predicted molar refractivity (Wildman–Crippen MR) is 71.9 cm³/mol. The SMILES string of the molecule is Cc1cccc(Nc2ccc([N+](=O)[O-])cc2C(=O)[O-])c1. The molecular weight excluding hydrogens is 260 g/mol. The second-order valence-corrected chi connectivity index (χ2v) is 4.27. The molecule has 20 heavy (non-hydrogen) atoms. The molecule has 0 spiro atoms. The molecule has 6 nitrogen and oxygen atoms in total. The van der Waals surface area contributed by atoms with Gasteiger partial charge < -0.3 is 15.2 Å². The van der Waals surface area contributed by atoms with Crippen LogP contribution in [-0.2, 0) is 0 Å². The molecule has 0 saturated heterocycles. The predicted octanol–water partition coefficient (Wildman–Crippen LogP) is 2.01. The Morgan fingerprint density at radius 3 is 2.55 bits per heavy atom. The van der Waals surface area contributed by atoms with Crippen LogP contribution in [0.5, 0.6) is 0 Å². The number of aromatic carboxylic acids is 1. The Balaban J connectivity index is 2.41. The molecule has 0 radical (unpaired) electrons. The molecule has 102 valence electrons. The summed E-state index contributed by atoms with van der Waals surface area (Å²) in [5.74, 6) is -1.47. The highest BCUT2D eigenvalue weighted by Crippen LogP contribution is 2.25. The zero-order valence-corrected chi connectivity index (χ0v) is 10.6. The lowest BCUT2D eigenvalue weighted by Crippen LogP contribution is -2.23. The minimum absolute atomic E-state index is 0.249. The fourth-order valence-electron chi connectivity index (χ4n) is 1.80. The molecule has 1 N–H and O–H groups in total. The van der Waals surface area contributed by atoms with Gasteiger partial charge in [-0.3, -0.25) is 10.1 Å². The summed E-state index contributed by atoms with van der Waals surface area (Å²) in [5, 5.41) is 24.7. The molecule has 0 amide bonds. The normalized spacial score (nSPS) is 10.1. The number of carbonyl (C=O) groups is 1. The third-order valence-electron chi connectivity index (χ3n) is 2.73. The second kappa shape index (κ2) is 5.40. The van der Waals surface area contributed by atoms with Crippen molar-refractivity contribution in [2.45, 2.75) is 6.92 Å². The quantitative estimate of drug-likeness (QED) is 0.677. The second-order valence-electron chi connectivity index (χ2n) is 4.27. The minimum Gasteiger partial charge on any atom is -0.545 e. The summed E-state index contributed by atoms with van der Waals surface area (Å²) in [4.78, 5) is 21.1. The molecule has 0 unspecified atom stereocenters. The number of nitro groups is 1. The number of carboxylic acids is 1. The van der Waals surface area contributed by atoms with Crippen molar-refractivity contribution in [1.29, 1.82) is 0 Å². The first-order valence-electron chi connectivity index (χ1n) is 5.81. The Kier molecular flexibility index (Phi) is 3.65. The van der Waals surface area contributed by atoms with Crippen LogP contribution in [0.25, 0.3) is 0 Å². The smallest absolute Gasteiger partial charge is 0.270 e. The van der Waals surface area contributed by atoms with E-state index in [9.17, 15) is 20.0 Å². The van der Waals surface area contributed by atoms with E-state index in [-0.39, 0.29) is 16.9 Å². The molecular formula is C14H11N2O4-. The average Bonchev–Trinajstić information content (AvgIpc) is 2.38. The van der Waals surface area contributed by atoms with E-state index in [1.165, 1.54) is 12.1 Å². The van der Waals surface area contributed by atoms with E-state index in [0.29, 0.717) is 5.69 Å². The fourth-order valence-corrected chi connectivity index (χ4v) is 1.80. The lowest BCUT2D eigenvalue weighted by Gasteiger charge is -2.13. The standard InChI is InChI=1S/C14H12N2O4/c1-9-3-2-4-10(7-9)15-13-6-5-11(16(19)20)8-12(13)14(17)18/h2-8,15H,1H3,(H,17,18)/p-1. The zero-order chi connectivity index (χ0) is 14.7. The van der Waals surface area contributed by atoms with Crippen LogP contribution in [-0.4, -0.2) is 10.9 Å². The topological polar surface area (TPSA) is 95.3 Å². The van der Waals surface area contributed by atoms with Crippen molar-refractivity contribution in [3.63, 3.8) is 0 Å². The van der Waals surface area contributed by atoms with Crippen LogP contribution < -0.4 is 10.4 Å². The molecule has 0 bridgehead atoms. The number of aryl methyl sites for hydroxylation is 1. The van der Waals surface area contributed by atoms with Gasteiger partial charge in [0.15, 0.2) is 0 Å². The number of nitrogens with zero attached hydrogens (tertiary/aromatic N) is 1. The molecule has 2 rings (SSSR count). The number of anilines is 2. The van der Waals surface area contributed by atoms with Crippen LogP contribution in [0.2, 0.25) is 0 Å². The van der Waals surface area contributed by atoms with E-state index in [1.54, 1.807) is 6.07 Å². The first-order chi connectivity index (χ1) is 9.47. The van der Waals surface area contributed by atoms with Gasteiger partial charge in [0.05, 0.1) is 10.9 Å². The highest BCUT2D eigenvalue weighted by atomic mass is 16.6. The average molecular weight is 271 g/mol. The van der Waals surface area contributed by atoms with E-state index in [4.69, 9.17) is 0 Å². The molecule has 0 saturated carbocycles. The maximum atomic E-state index is 11.1. The molecule has 0 aliphatic rings. The van der Waals surface area contributed by atoms with Crippen molar-refractivity contribution >= 4 is 23.0 Å². The van der Waals surface area contributed by atoms with Gasteiger partial charge in [-0.05, 0) is 30.7 Å². The van der Waals surface area contributed by atoms with Gasteiger partial charge in [0.1, 0.15) is 0 Å². The third-order valence-corrected chi connectivity index (χ3v) is 2.73. The fraction of sp³-hybridized carbons (Fsp3) is 0.0714. The van der Waals surface area contributed by atoms with Crippen LogP contribution >= 0.6 is 0 Å². The van der Waals surface area contributed by atoms with Gasteiger partial charge in [-0.15, -0.1) is 0 Å². The number of hydrogen-bond donors (Lipinski definition) is 1. The number of nitro benzene ring substituents is 1. The molecule has 2 aromatic rings. The van der Waals surface area contributed by atoms with Gasteiger partial charge in [0.2, 0.25) is 0 Å².